The number of nitrogens with zero attached hydrogens (tertiary/aromatic N) is 4. The molecule has 31 heavy (non-hydrogen) atoms. The molecule has 2 N–H and O–H groups in total. The Balaban J connectivity index is 1.57. The second-order valence-corrected chi connectivity index (χ2v) is 7.80. The number of hydrogen-bond donors (Lipinski definition) is 2. The molecule has 158 valence electrons. The van der Waals surface area contributed by atoms with Gasteiger partial charge in [0.15, 0.2) is 0 Å². The van der Waals surface area contributed by atoms with Crippen molar-refractivity contribution in [2.75, 3.05) is 5.32 Å². The fourth-order valence-corrected chi connectivity index (χ4v) is 4.19. The Morgan fingerprint density at radius 1 is 0.871 bits per heavy atom. The maximum atomic E-state index is 6.55. The number of H-pyrrole nitrogens is 1. The van der Waals surface area contributed by atoms with Crippen LogP contribution in [0.1, 0.15) is 30.8 Å². The number of benzene rings is 2. The third-order valence-electron chi connectivity index (χ3n) is 5.13. The number of nitrogens with one attached hydrogen (secondary N) is 2. The highest BCUT2D eigenvalue weighted by atomic mass is 35.5. The third-order valence-corrected chi connectivity index (χ3v) is 5.95. The zero-order chi connectivity index (χ0) is 21.8. The summed E-state index contributed by atoms with van der Waals surface area (Å²) in [4.78, 5) is 4.58. The highest BCUT2D eigenvalue weighted by molar-refractivity contribution is 6.39. The molecule has 0 spiro atoms. The number of tetrazole rings is 1. The van der Waals surface area contributed by atoms with Gasteiger partial charge >= 0.3 is 0 Å². The summed E-state index contributed by atoms with van der Waals surface area (Å²) in [5, 5.41) is 19.0. The van der Waals surface area contributed by atoms with Crippen molar-refractivity contribution in [2.45, 2.75) is 33.2 Å². The van der Waals surface area contributed by atoms with E-state index in [0.29, 0.717) is 22.4 Å². The largest absolute Gasteiger partial charge is 0.378 e. The van der Waals surface area contributed by atoms with Gasteiger partial charge < -0.3 is 5.32 Å². The van der Waals surface area contributed by atoms with Gasteiger partial charge in [-0.3, -0.25) is 4.98 Å². The minimum Gasteiger partial charge on any atom is -0.378 e. The predicted octanol–water partition coefficient (Wildman–Crippen LogP) is 5.97. The Morgan fingerprint density at radius 2 is 1.52 bits per heavy atom. The van der Waals surface area contributed by atoms with Gasteiger partial charge in [-0.1, -0.05) is 85.6 Å². The number of anilines is 1. The van der Waals surface area contributed by atoms with E-state index in [1.807, 2.05) is 38.1 Å². The first-order valence-electron chi connectivity index (χ1n) is 10.1. The van der Waals surface area contributed by atoms with Gasteiger partial charge in [0.1, 0.15) is 0 Å². The van der Waals surface area contributed by atoms with E-state index in [9.17, 15) is 0 Å². The number of pyridine rings is 1. The minimum absolute atomic E-state index is 0.571. The molecular weight excluding hydrogens is 431 g/mol. The van der Waals surface area contributed by atoms with Crippen LogP contribution in [-0.4, -0.2) is 25.6 Å². The Labute approximate surface area is 191 Å². The second kappa shape index (κ2) is 9.45. The smallest absolute Gasteiger partial charge is 0.205 e. The summed E-state index contributed by atoms with van der Waals surface area (Å²) in [7, 11) is 0. The van der Waals surface area contributed by atoms with Crippen LogP contribution in [0.5, 0.6) is 0 Å². The molecule has 0 bridgehead atoms. The van der Waals surface area contributed by atoms with Crippen LogP contribution < -0.4 is 5.32 Å². The molecule has 4 rings (SSSR count). The lowest BCUT2D eigenvalue weighted by Gasteiger charge is -2.16. The van der Waals surface area contributed by atoms with Gasteiger partial charge in [-0.25, -0.2) is 0 Å². The first-order valence-corrected chi connectivity index (χ1v) is 10.9. The van der Waals surface area contributed by atoms with Gasteiger partial charge in [-0.2, -0.15) is 5.21 Å². The zero-order valence-electron chi connectivity index (χ0n) is 17.3. The average Bonchev–Trinajstić information content (AvgIpc) is 3.34. The van der Waals surface area contributed by atoms with Crippen molar-refractivity contribution in [3.63, 3.8) is 0 Å². The molecule has 6 nitrogen and oxygen atoms in total. The Bertz CT molecular complexity index is 1150. The van der Waals surface area contributed by atoms with Gasteiger partial charge in [0.25, 0.3) is 0 Å². The molecule has 2 aromatic heterocycles. The molecule has 0 fully saturated rings. The lowest BCUT2D eigenvalue weighted by molar-refractivity contribution is 0.881. The van der Waals surface area contributed by atoms with E-state index in [-0.39, 0.29) is 0 Å². The fraction of sp³-hybridized carbons (Fsp3) is 0.217. The van der Waals surface area contributed by atoms with E-state index in [0.717, 1.165) is 52.2 Å². The number of aromatic amines is 1. The van der Waals surface area contributed by atoms with Crippen LogP contribution in [0.2, 0.25) is 10.0 Å². The maximum Gasteiger partial charge on any atom is 0.205 e. The number of halogens is 2. The molecule has 2 aromatic carbocycles. The van der Waals surface area contributed by atoms with E-state index in [2.05, 4.69) is 55.2 Å². The van der Waals surface area contributed by atoms with E-state index >= 15 is 0 Å². The quantitative estimate of drug-likeness (QED) is 0.360. The monoisotopic (exact) mass is 452 g/mol. The second-order valence-electron chi connectivity index (χ2n) is 7.05. The average molecular weight is 453 g/mol. The standard InChI is InChI=1S/C23H22Cl2N6/c1-3-18-20(24)22(21(25)19(4-2)27-18)26-13-14-9-11-15(12-10-14)16-7-5-6-8-17(16)23-28-30-31-29-23/h5-12H,3-4,13H2,1-2H3,(H,26,27)(H,28,29,30,31). The van der Waals surface area contributed by atoms with E-state index in [4.69, 9.17) is 23.2 Å². The molecule has 0 aliphatic heterocycles. The molecule has 0 saturated carbocycles. The molecule has 0 unspecified atom stereocenters. The van der Waals surface area contributed by atoms with E-state index in [1.54, 1.807) is 0 Å². The summed E-state index contributed by atoms with van der Waals surface area (Å²) < 4.78 is 0. The summed E-state index contributed by atoms with van der Waals surface area (Å²) in [6.45, 7) is 4.68. The summed E-state index contributed by atoms with van der Waals surface area (Å²) >= 11 is 13.1. The van der Waals surface area contributed by atoms with Crippen molar-refractivity contribution in [3.8, 4) is 22.5 Å². The van der Waals surface area contributed by atoms with Crippen molar-refractivity contribution in [3.05, 3.63) is 75.5 Å². The summed E-state index contributed by atoms with van der Waals surface area (Å²) in [5.41, 5.74) is 6.63. The van der Waals surface area contributed by atoms with Crippen molar-refractivity contribution in [1.82, 2.24) is 25.6 Å². The van der Waals surface area contributed by atoms with Crippen LogP contribution in [0.25, 0.3) is 22.5 Å². The molecule has 0 aliphatic carbocycles. The van der Waals surface area contributed by atoms with Crippen LogP contribution in [0.3, 0.4) is 0 Å². The van der Waals surface area contributed by atoms with Crippen LogP contribution in [0, 0.1) is 0 Å². The number of rotatable bonds is 7. The lowest BCUT2D eigenvalue weighted by Crippen LogP contribution is -2.06. The Hall–Kier alpha value is -2.96. The van der Waals surface area contributed by atoms with Gasteiger partial charge in [0.2, 0.25) is 5.82 Å². The predicted molar refractivity (Wildman–Crippen MR) is 125 cm³/mol. The molecule has 0 radical (unpaired) electrons. The number of aromatic nitrogens is 5. The summed E-state index contributed by atoms with van der Waals surface area (Å²) in [6.07, 6.45) is 1.51. The maximum absolute atomic E-state index is 6.55. The SMILES string of the molecule is CCc1nc(CC)c(Cl)c(NCc2ccc(-c3ccccc3-c3nn[nH]n3)cc2)c1Cl. The minimum atomic E-state index is 0.571. The summed E-state index contributed by atoms with van der Waals surface area (Å²) in [5.74, 6) is 0.571. The van der Waals surface area contributed by atoms with Crippen LogP contribution >= 0.6 is 23.2 Å². The van der Waals surface area contributed by atoms with Crippen LogP contribution in [0.15, 0.2) is 48.5 Å². The zero-order valence-corrected chi connectivity index (χ0v) is 18.8. The first-order chi connectivity index (χ1) is 15.1. The van der Waals surface area contributed by atoms with Crippen LogP contribution in [-0.2, 0) is 19.4 Å². The Kier molecular flexibility index (Phi) is 6.49. The highest BCUT2D eigenvalue weighted by Gasteiger charge is 2.16. The molecule has 4 aromatic rings. The van der Waals surface area contributed by atoms with Gasteiger partial charge in [0, 0.05) is 12.1 Å². The van der Waals surface area contributed by atoms with Crippen molar-refractivity contribution in [2.24, 2.45) is 0 Å². The molecule has 0 aliphatic rings. The lowest BCUT2D eigenvalue weighted by atomic mass is 9.98. The molecule has 2 heterocycles. The molecular formula is C23H22Cl2N6. The van der Waals surface area contributed by atoms with Gasteiger partial charge in [0.05, 0.1) is 27.1 Å². The first kappa shape index (κ1) is 21.3. The van der Waals surface area contributed by atoms with Crippen molar-refractivity contribution < 1.29 is 0 Å². The molecule has 8 heteroatoms. The molecule has 0 amide bonds. The van der Waals surface area contributed by atoms with Crippen molar-refractivity contribution in [1.29, 1.82) is 0 Å². The highest BCUT2D eigenvalue weighted by Crippen LogP contribution is 2.36. The number of hydrogen-bond acceptors (Lipinski definition) is 5. The fourth-order valence-electron chi connectivity index (χ4n) is 3.47. The topological polar surface area (TPSA) is 79.4 Å². The van der Waals surface area contributed by atoms with Gasteiger partial charge in [-0.15, -0.1) is 10.2 Å². The van der Waals surface area contributed by atoms with E-state index < -0.39 is 0 Å². The van der Waals surface area contributed by atoms with E-state index in [1.165, 1.54) is 0 Å². The third kappa shape index (κ3) is 4.40. The molecule has 0 atom stereocenters. The summed E-state index contributed by atoms with van der Waals surface area (Å²) in [6, 6.07) is 16.3. The number of aryl methyl sites for hydroxylation is 2. The molecule has 0 saturated heterocycles. The normalized spacial score (nSPS) is 11.0. The van der Waals surface area contributed by atoms with Gasteiger partial charge in [-0.05, 0) is 34.7 Å². The van der Waals surface area contributed by atoms with Crippen LogP contribution in [0.4, 0.5) is 5.69 Å². The Morgan fingerprint density at radius 3 is 2.10 bits per heavy atom. The van der Waals surface area contributed by atoms with Crippen molar-refractivity contribution >= 4 is 28.9 Å².